The molecule has 2 fully saturated rings. The zero-order valence-electron chi connectivity index (χ0n) is 36.7. The molecule has 4 amide bonds. The summed E-state index contributed by atoms with van der Waals surface area (Å²) in [6, 6.07) is -4.70. The van der Waals surface area contributed by atoms with Gasteiger partial charge in [-0.3, -0.25) is 56.0 Å². The molecular weight excluding hydrogens is 811 g/mol. The van der Waals surface area contributed by atoms with Crippen molar-refractivity contribution in [2.45, 2.75) is 135 Å². The fraction of sp³-hybridized carbons (Fsp3) is 0.718. The monoisotopic (exact) mass is 878 g/mol. The first-order chi connectivity index (χ1) is 29.2. The van der Waals surface area contributed by atoms with Gasteiger partial charge < -0.3 is 60.4 Å². The smallest absolute Gasteiger partial charge is 0.262 e. The van der Waals surface area contributed by atoms with E-state index < -0.39 is 90.5 Å². The molecule has 2 aliphatic heterocycles. The van der Waals surface area contributed by atoms with Crippen molar-refractivity contribution in [2.75, 3.05) is 32.7 Å². The fourth-order valence-corrected chi connectivity index (χ4v) is 7.22. The third kappa shape index (κ3) is 15.4. The maximum Gasteiger partial charge on any atom is 0.262 e. The molecule has 10 atom stereocenters. The highest BCUT2D eigenvalue weighted by Crippen LogP contribution is 2.21. The number of carbonyl (C=O) groups is 10. The highest BCUT2D eigenvalue weighted by molar-refractivity contribution is 5.97. The number of aldehydes is 5. The van der Waals surface area contributed by atoms with Crippen molar-refractivity contribution < 1.29 is 47.9 Å². The highest BCUT2D eigenvalue weighted by atomic mass is 16.2. The average Bonchev–Trinajstić information content (AvgIpc) is 3.22. The van der Waals surface area contributed by atoms with Crippen molar-refractivity contribution in [3.63, 3.8) is 0 Å². The van der Waals surface area contributed by atoms with Crippen LogP contribution in [0.5, 0.6) is 0 Å². The third-order valence-electron chi connectivity index (χ3n) is 10.2. The minimum Gasteiger partial charge on any atom is -0.370 e. The van der Waals surface area contributed by atoms with Crippen LogP contribution in [-0.2, 0) is 47.9 Å². The van der Waals surface area contributed by atoms with Gasteiger partial charge in [-0.1, -0.05) is 27.7 Å². The van der Waals surface area contributed by atoms with E-state index in [2.05, 4.69) is 31.9 Å². The first-order valence-corrected chi connectivity index (χ1v) is 20.9. The maximum absolute atomic E-state index is 14.9. The van der Waals surface area contributed by atoms with Crippen molar-refractivity contribution in [3.05, 3.63) is 0 Å². The minimum absolute atomic E-state index is 0.0379. The molecule has 62 heavy (non-hydrogen) atoms. The van der Waals surface area contributed by atoms with Crippen LogP contribution in [0.3, 0.4) is 0 Å². The molecule has 0 unspecified atom stereocenters. The number of guanidine groups is 1. The number of amides is 4. The highest BCUT2D eigenvalue weighted by Gasteiger charge is 2.49. The van der Waals surface area contributed by atoms with E-state index in [0.717, 1.165) is 19.6 Å². The maximum atomic E-state index is 14.9. The summed E-state index contributed by atoms with van der Waals surface area (Å²) in [7, 11) is 0. The van der Waals surface area contributed by atoms with Gasteiger partial charge in [-0.05, 0) is 58.3 Å². The van der Waals surface area contributed by atoms with Crippen molar-refractivity contribution >= 4 is 66.8 Å². The predicted molar refractivity (Wildman–Crippen MR) is 225 cm³/mol. The summed E-state index contributed by atoms with van der Waals surface area (Å²) < 4.78 is 0. The number of nitrogens with one attached hydrogen (secondary N) is 7. The second-order valence-electron chi connectivity index (χ2n) is 16.5. The molecule has 2 heterocycles. The Kier molecular flexibility index (Phi) is 22.1. The Morgan fingerprint density at radius 3 is 1.58 bits per heavy atom. The molecule has 0 aromatic heterocycles. The van der Waals surface area contributed by atoms with Gasteiger partial charge in [0.05, 0.1) is 30.2 Å². The van der Waals surface area contributed by atoms with E-state index in [-0.39, 0.29) is 63.4 Å². The van der Waals surface area contributed by atoms with Crippen LogP contribution in [0, 0.1) is 17.2 Å². The van der Waals surface area contributed by atoms with Crippen molar-refractivity contribution in [2.24, 2.45) is 23.3 Å². The van der Waals surface area contributed by atoms with Gasteiger partial charge in [-0.2, -0.15) is 0 Å². The SMILES string of the molecule is CC(=O)[C@H](N[C@@H](C)C=O)N1CCN(C(=O)[C@H](N[C@@H](C)C=O)N2CCN(C(=O)[C@@H](N)N[C@H](C=O)CC(C)C)[C@@H](N[C@H](C=O)CCCNC(=N)N)C2=O)[C@@H](N[C@H](C=O)CC(C)C)C1=O. The molecule has 2 rings (SSSR count). The Labute approximate surface area is 362 Å². The lowest BCUT2D eigenvalue weighted by molar-refractivity contribution is -0.167. The summed E-state index contributed by atoms with van der Waals surface area (Å²) in [5.41, 5.74) is 11.6. The first-order valence-electron chi connectivity index (χ1n) is 20.9. The number of nitrogens with two attached hydrogens (primary N) is 2. The number of rotatable bonds is 28. The number of piperazine rings is 2. The Morgan fingerprint density at radius 1 is 0.677 bits per heavy atom. The summed E-state index contributed by atoms with van der Waals surface area (Å²) in [5, 5.41) is 24.3. The van der Waals surface area contributed by atoms with Crippen LogP contribution in [0.1, 0.15) is 74.1 Å². The topological polar surface area (TPSA) is 332 Å². The average molecular weight is 878 g/mol. The van der Waals surface area contributed by atoms with E-state index in [0.29, 0.717) is 44.3 Å². The van der Waals surface area contributed by atoms with Gasteiger partial charge in [0, 0.05) is 32.7 Å². The largest absolute Gasteiger partial charge is 0.370 e. The number of ketones is 1. The summed E-state index contributed by atoms with van der Waals surface area (Å²) >= 11 is 0. The molecule has 0 aromatic rings. The second kappa shape index (κ2) is 25.8. The van der Waals surface area contributed by atoms with Crippen LogP contribution in [0.15, 0.2) is 0 Å². The second-order valence-corrected chi connectivity index (χ2v) is 16.5. The molecule has 0 aromatic carbocycles. The molecule has 0 radical (unpaired) electrons. The molecule has 0 bridgehead atoms. The minimum atomic E-state index is -1.67. The lowest BCUT2D eigenvalue weighted by atomic mass is 10.0. The number of nitrogens with zero attached hydrogens (tertiary/aromatic N) is 4. The molecule has 0 saturated carbocycles. The quantitative estimate of drug-likeness (QED) is 0.0118. The standard InChI is InChI=1S/C39H67N13O10/c1-22(2)15-28(20-56)46-30(40)35(59)50-12-14-51(38(62)33(50)47-27(19-55)9-8-10-43-39(41)42)32(45-25(6)18-54)36(60)52-13-11-49(31(26(7)58)44-24(5)17-53)37(61)34(52)48-29(21-57)16-23(3)4/h17-25,27-34,44-48H,8-16,40H2,1-7H3,(H4,41,42,43)/t24-,25-,27-,28-,29-,30-,31+,32+,33+,34+/m0/s1. The molecule has 348 valence electrons. The van der Waals surface area contributed by atoms with Crippen molar-refractivity contribution in [1.29, 1.82) is 5.41 Å². The molecule has 23 heteroatoms. The van der Waals surface area contributed by atoms with Gasteiger partial charge in [-0.15, -0.1) is 0 Å². The van der Waals surface area contributed by atoms with E-state index in [1.807, 2.05) is 27.7 Å². The van der Waals surface area contributed by atoms with Crippen LogP contribution in [0.25, 0.3) is 0 Å². The number of hydrogen-bond acceptors (Lipinski definition) is 17. The molecule has 0 aliphatic carbocycles. The number of Topliss-reactive ketones (excluding diaryl/α,β-unsaturated/α-hetero) is 1. The molecule has 0 spiro atoms. The van der Waals surface area contributed by atoms with E-state index in [1.54, 1.807) is 0 Å². The normalized spacial score (nSPS) is 21.0. The lowest BCUT2D eigenvalue weighted by Crippen LogP contribution is -2.75. The molecular formula is C39H67N13O10. The third-order valence-corrected chi connectivity index (χ3v) is 10.2. The summed E-state index contributed by atoms with van der Waals surface area (Å²) in [4.78, 5) is 135. The Balaban J connectivity index is 2.67. The van der Waals surface area contributed by atoms with Gasteiger partial charge in [0.25, 0.3) is 23.6 Å². The number of hydrogen-bond donors (Lipinski definition) is 9. The van der Waals surface area contributed by atoms with Gasteiger partial charge in [-0.25, -0.2) is 0 Å². The zero-order valence-corrected chi connectivity index (χ0v) is 36.7. The molecule has 11 N–H and O–H groups in total. The predicted octanol–water partition coefficient (Wildman–Crippen LogP) is -4.31. The van der Waals surface area contributed by atoms with E-state index >= 15 is 0 Å². The van der Waals surface area contributed by atoms with Gasteiger partial charge >= 0.3 is 0 Å². The molecule has 2 aliphatic rings. The van der Waals surface area contributed by atoms with Crippen LogP contribution >= 0.6 is 0 Å². The molecule has 23 nitrogen and oxygen atoms in total. The number of carbonyl (C=O) groups excluding carboxylic acids is 10. The van der Waals surface area contributed by atoms with Gasteiger partial charge in [0.15, 0.2) is 30.2 Å². The summed E-state index contributed by atoms with van der Waals surface area (Å²) in [6.07, 6.45) is -3.82. The fourth-order valence-electron chi connectivity index (χ4n) is 7.22. The van der Waals surface area contributed by atoms with E-state index in [1.165, 1.54) is 20.8 Å². The van der Waals surface area contributed by atoms with E-state index in [9.17, 15) is 47.9 Å². The van der Waals surface area contributed by atoms with Crippen LogP contribution < -0.4 is 43.4 Å². The van der Waals surface area contributed by atoms with Crippen molar-refractivity contribution in [1.82, 2.24) is 51.5 Å². The zero-order chi connectivity index (χ0) is 46.8. The first kappa shape index (κ1) is 53.1. The van der Waals surface area contributed by atoms with Crippen LogP contribution in [0.2, 0.25) is 0 Å². The van der Waals surface area contributed by atoms with Crippen LogP contribution in [-0.4, -0.2) is 180 Å². The Morgan fingerprint density at radius 2 is 1.13 bits per heavy atom. The van der Waals surface area contributed by atoms with Crippen LogP contribution in [0.4, 0.5) is 0 Å². The lowest BCUT2D eigenvalue weighted by Gasteiger charge is -2.48. The van der Waals surface area contributed by atoms with E-state index in [4.69, 9.17) is 16.9 Å². The molecule has 2 saturated heterocycles. The van der Waals surface area contributed by atoms with Gasteiger partial charge in [0.2, 0.25) is 0 Å². The van der Waals surface area contributed by atoms with Gasteiger partial charge in [0.1, 0.15) is 43.8 Å². The summed E-state index contributed by atoms with van der Waals surface area (Å²) in [5.74, 6) is -4.16. The Hall–Kier alpha value is -5.07. The Bertz CT molecular complexity index is 1600. The summed E-state index contributed by atoms with van der Waals surface area (Å²) in [6.45, 7) is 10.8. The van der Waals surface area contributed by atoms with Crippen molar-refractivity contribution in [3.8, 4) is 0 Å².